The Bertz CT molecular complexity index is 464. The molecule has 18 heavy (non-hydrogen) atoms. The summed E-state index contributed by atoms with van der Waals surface area (Å²) in [6.07, 6.45) is 6.90. The standard InChI is InChI=1S/C15H21N2O/c1-5-9-16-11-13-7-6-8-14(10-13)12-17(18)15(2,3)4/h1,6-8,10,12,16,18H,9,11H2,2-4H3/q+1/b17-12-. The third-order valence-electron chi connectivity index (χ3n) is 2.47. The number of nitrogens with one attached hydrogen (secondary N) is 1. The molecule has 0 aliphatic heterocycles. The number of nitrogens with zero attached hydrogens (tertiary/aromatic N) is 1. The topological polar surface area (TPSA) is 35.3 Å². The molecule has 0 aromatic heterocycles. The summed E-state index contributed by atoms with van der Waals surface area (Å²) < 4.78 is 1.22. The Kier molecular flexibility index (Phi) is 4.94. The van der Waals surface area contributed by atoms with E-state index in [-0.39, 0.29) is 5.54 Å². The van der Waals surface area contributed by atoms with E-state index in [0.29, 0.717) is 6.54 Å². The van der Waals surface area contributed by atoms with E-state index in [4.69, 9.17) is 6.42 Å². The molecule has 0 fully saturated rings. The molecule has 0 bridgehead atoms. The average Bonchev–Trinajstić information content (AvgIpc) is 2.28. The molecule has 0 spiro atoms. The zero-order valence-corrected chi connectivity index (χ0v) is 11.3. The van der Waals surface area contributed by atoms with Gasteiger partial charge < -0.3 is 5.32 Å². The quantitative estimate of drug-likeness (QED) is 0.213. The summed E-state index contributed by atoms with van der Waals surface area (Å²) in [7, 11) is 0. The lowest BCUT2D eigenvalue weighted by molar-refractivity contribution is -0.816. The Morgan fingerprint density at radius 2 is 2.17 bits per heavy atom. The van der Waals surface area contributed by atoms with Gasteiger partial charge in [0.2, 0.25) is 11.8 Å². The van der Waals surface area contributed by atoms with E-state index in [0.717, 1.165) is 17.7 Å². The van der Waals surface area contributed by atoms with E-state index >= 15 is 0 Å². The van der Waals surface area contributed by atoms with Crippen LogP contribution in [0.5, 0.6) is 0 Å². The third kappa shape index (κ3) is 4.60. The van der Waals surface area contributed by atoms with Crippen molar-refractivity contribution in [2.24, 2.45) is 0 Å². The maximum Gasteiger partial charge on any atom is 0.223 e. The van der Waals surface area contributed by atoms with Gasteiger partial charge in [-0.2, -0.15) is 0 Å². The lowest BCUT2D eigenvalue weighted by Crippen LogP contribution is -2.31. The van der Waals surface area contributed by atoms with Crippen molar-refractivity contribution in [3.8, 4) is 12.3 Å². The highest BCUT2D eigenvalue weighted by Crippen LogP contribution is 2.07. The first-order chi connectivity index (χ1) is 8.43. The first-order valence-electron chi connectivity index (χ1n) is 5.99. The van der Waals surface area contributed by atoms with Gasteiger partial charge in [0.1, 0.15) is 0 Å². The van der Waals surface area contributed by atoms with Gasteiger partial charge in [0, 0.05) is 32.9 Å². The summed E-state index contributed by atoms with van der Waals surface area (Å²) in [6.45, 7) is 7.13. The number of terminal acetylenes is 1. The number of hydrogen-bond donors (Lipinski definition) is 2. The molecule has 96 valence electrons. The molecule has 0 atom stereocenters. The predicted molar refractivity (Wildman–Crippen MR) is 73.9 cm³/mol. The SMILES string of the molecule is C#CCNCc1cccc(/C=[N+](\O)C(C)(C)C)c1. The highest BCUT2D eigenvalue weighted by Gasteiger charge is 2.23. The first-order valence-corrected chi connectivity index (χ1v) is 5.99. The van der Waals surface area contributed by atoms with Crippen LogP contribution in [0.2, 0.25) is 0 Å². The number of rotatable bonds is 4. The van der Waals surface area contributed by atoms with Crippen molar-refractivity contribution in [3.05, 3.63) is 35.4 Å². The van der Waals surface area contributed by atoms with Crippen molar-refractivity contribution in [1.82, 2.24) is 5.32 Å². The molecule has 0 radical (unpaired) electrons. The van der Waals surface area contributed by atoms with Crippen molar-refractivity contribution < 1.29 is 9.95 Å². The smallest absolute Gasteiger partial charge is 0.223 e. The zero-order chi connectivity index (χ0) is 13.6. The largest absolute Gasteiger partial charge is 0.302 e. The van der Waals surface area contributed by atoms with Crippen LogP contribution in [0.1, 0.15) is 31.9 Å². The minimum absolute atomic E-state index is 0.308. The Morgan fingerprint density at radius 1 is 1.44 bits per heavy atom. The Labute approximate surface area is 109 Å². The molecule has 0 saturated heterocycles. The normalized spacial score (nSPS) is 12.2. The van der Waals surface area contributed by atoms with Crippen LogP contribution in [0, 0.1) is 12.3 Å². The molecule has 3 heteroatoms. The van der Waals surface area contributed by atoms with Gasteiger partial charge in [-0.3, -0.25) is 5.21 Å². The van der Waals surface area contributed by atoms with E-state index in [1.165, 1.54) is 4.74 Å². The van der Waals surface area contributed by atoms with Crippen LogP contribution < -0.4 is 5.32 Å². The molecule has 0 saturated carbocycles. The van der Waals surface area contributed by atoms with Crippen molar-refractivity contribution in [2.45, 2.75) is 32.9 Å². The van der Waals surface area contributed by atoms with Gasteiger partial charge >= 0.3 is 0 Å². The lowest BCUT2D eigenvalue weighted by Gasteiger charge is -2.09. The Balaban J connectivity index is 2.80. The molecule has 3 nitrogen and oxygen atoms in total. The molecular weight excluding hydrogens is 224 g/mol. The maximum atomic E-state index is 9.88. The molecule has 0 unspecified atom stereocenters. The van der Waals surface area contributed by atoms with Crippen molar-refractivity contribution in [2.75, 3.05) is 6.54 Å². The third-order valence-corrected chi connectivity index (χ3v) is 2.47. The van der Waals surface area contributed by atoms with Crippen LogP contribution in [0.25, 0.3) is 0 Å². The van der Waals surface area contributed by atoms with Crippen molar-refractivity contribution in [3.63, 3.8) is 0 Å². The van der Waals surface area contributed by atoms with Gasteiger partial charge in [0.15, 0.2) is 0 Å². The summed E-state index contributed by atoms with van der Waals surface area (Å²) in [6, 6.07) is 7.98. The molecule has 0 heterocycles. The second-order valence-electron chi connectivity index (χ2n) is 5.20. The molecular formula is C15H21N2O+. The molecule has 0 amide bonds. The summed E-state index contributed by atoms with van der Waals surface area (Å²) in [5.41, 5.74) is 1.80. The van der Waals surface area contributed by atoms with Gasteiger partial charge in [0.25, 0.3) is 0 Å². The fourth-order valence-corrected chi connectivity index (χ4v) is 1.40. The highest BCUT2D eigenvalue weighted by molar-refractivity contribution is 5.75. The average molecular weight is 245 g/mol. The molecule has 0 aliphatic rings. The van der Waals surface area contributed by atoms with Crippen molar-refractivity contribution in [1.29, 1.82) is 0 Å². The molecule has 2 N–H and O–H groups in total. The molecule has 1 aromatic carbocycles. The summed E-state index contributed by atoms with van der Waals surface area (Å²) in [4.78, 5) is 0. The van der Waals surface area contributed by atoms with E-state index in [1.807, 2.05) is 45.0 Å². The van der Waals surface area contributed by atoms with Gasteiger partial charge in [0.05, 0.1) is 6.54 Å². The fourth-order valence-electron chi connectivity index (χ4n) is 1.40. The minimum atomic E-state index is -0.308. The molecule has 0 aliphatic carbocycles. The Morgan fingerprint density at radius 3 is 2.78 bits per heavy atom. The van der Waals surface area contributed by atoms with E-state index in [9.17, 15) is 5.21 Å². The highest BCUT2D eigenvalue weighted by atomic mass is 16.5. The van der Waals surface area contributed by atoms with Gasteiger partial charge in [-0.15, -0.1) is 6.42 Å². The predicted octanol–water partition coefficient (Wildman–Crippen LogP) is 2.03. The zero-order valence-electron chi connectivity index (χ0n) is 11.3. The number of hydroxylamine groups is 1. The van der Waals surface area contributed by atoms with Gasteiger partial charge in [-0.1, -0.05) is 18.1 Å². The van der Waals surface area contributed by atoms with Crippen LogP contribution in [-0.4, -0.2) is 28.2 Å². The Hall–Kier alpha value is -1.79. The number of benzene rings is 1. The van der Waals surface area contributed by atoms with E-state index in [1.54, 1.807) is 6.21 Å². The summed E-state index contributed by atoms with van der Waals surface area (Å²) >= 11 is 0. The maximum absolute atomic E-state index is 9.88. The lowest BCUT2D eigenvalue weighted by atomic mass is 10.1. The summed E-state index contributed by atoms with van der Waals surface area (Å²) in [5.74, 6) is 2.54. The van der Waals surface area contributed by atoms with Crippen LogP contribution >= 0.6 is 0 Å². The van der Waals surface area contributed by atoms with Crippen LogP contribution in [-0.2, 0) is 6.54 Å². The van der Waals surface area contributed by atoms with E-state index in [2.05, 4.69) is 11.2 Å². The first kappa shape index (κ1) is 14.3. The fraction of sp³-hybridized carbons (Fsp3) is 0.400. The van der Waals surface area contributed by atoms with Crippen LogP contribution in [0.3, 0.4) is 0 Å². The monoisotopic (exact) mass is 245 g/mol. The summed E-state index contributed by atoms with van der Waals surface area (Å²) in [5, 5.41) is 13.0. The number of hydrogen-bond acceptors (Lipinski definition) is 2. The minimum Gasteiger partial charge on any atom is -0.302 e. The van der Waals surface area contributed by atoms with Crippen molar-refractivity contribution >= 4 is 6.21 Å². The van der Waals surface area contributed by atoms with Gasteiger partial charge in [-0.25, -0.2) is 0 Å². The van der Waals surface area contributed by atoms with E-state index < -0.39 is 0 Å². The van der Waals surface area contributed by atoms with Crippen LogP contribution in [0.15, 0.2) is 24.3 Å². The van der Waals surface area contributed by atoms with Crippen LogP contribution in [0.4, 0.5) is 0 Å². The molecule has 1 rings (SSSR count). The van der Waals surface area contributed by atoms with Gasteiger partial charge in [-0.05, 0) is 22.4 Å². The second-order valence-corrected chi connectivity index (χ2v) is 5.20. The second kappa shape index (κ2) is 6.23. The molecule has 1 aromatic rings.